The van der Waals surface area contributed by atoms with E-state index in [0.29, 0.717) is 23.2 Å². The quantitative estimate of drug-likeness (QED) is 0.659. The molecule has 0 atom stereocenters. The Hall–Kier alpha value is -1.13. The summed E-state index contributed by atoms with van der Waals surface area (Å²) in [4.78, 5) is 10.7. The van der Waals surface area contributed by atoms with Crippen LogP contribution in [0.15, 0.2) is 18.2 Å². The first kappa shape index (κ1) is 15.3. The van der Waals surface area contributed by atoms with E-state index < -0.39 is 0 Å². The molecule has 0 spiro atoms. The zero-order chi connectivity index (χ0) is 14.4. The van der Waals surface area contributed by atoms with Gasteiger partial charge in [0.2, 0.25) is 0 Å². The van der Waals surface area contributed by atoms with Gasteiger partial charge in [-0.1, -0.05) is 43.7 Å². The smallest absolute Gasteiger partial charge is 0.273 e. The van der Waals surface area contributed by atoms with E-state index in [-0.39, 0.29) is 10.6 Å². The first-order valence-electron chi connectivity index (χ1n) is 7.33. The Balaban J connectivity index is 1.98. The zero-order valence-corrected chi connectivity index (χ0v) is 12.4. The monoisotopic (exact) mass is 296 g/mol. The fraction of sp³-hybridized carbons (Fsp3) is 0.600. The van der Waals surface area contributed by atoms with Crippen LogP contribution in [-0.4, -0.2) is 11.0 Å². The van der Waals surface area contributed by atoms with E-state index in [9.17, 15) is 10.1 Å². The average Bonchev–Trinajstić information content (AvgIpc) is 2.37. The number of nitrogens with zero attached hydrogens (tertiary/aromatic N) is 1. The zero-order valence-electron chi connectivity index (χ0n) is 11.6. The Morgan fingerprint density at radius 3 is 2.50 bits per heavy atom. The molecule has 1 aliphatic carbocycles. The molecule has 1 N–H and O–H groups in total. The summed E-state index contributed by atoms with van der Waals surface area (Å²) >= 11 is 5.94. The number of rotatable bonds is 4. The second-order valence-electron chi connectivity index (χ2n) is 5.45. The number of hydrogen-bond acceptors (Lipinski definition) is 3. The highest BCUT2D eigenvalue weighted by atomic mass is 35.5. The SMILES string of the molecule is O=[N+]([O-])c1ccc(Cl)cc1CNC1CCCCCCC1. The van der Waals surface area contributed by atoms with Gasteiger partial charge in [-0.05, 0) is 25.0 Å². The Labute approximate surface area is 124 Å². The molecule has 2 rings (SSSR count). The highest BCUT2D eigenvalue weighted by molar-refractivity contribution is 6.30. The van der Waals surface area contributed by atoms with Gasteiger partial charge in [-0.2, -0.15) is 0 Å². The van der Waals surface area contributed by atoms with E-state index in [1.54, 1.807) is 12.1 Å². The lowest BCUT2D eigenvalue weighted by atomic mass is 9.96. The van der Waals surface area contributed by atoms with Crippen molar-refractivity contribution in [3.8, 4) is 0 Å². The second-order valence-corrected chi connectivity index (χ2v) is 5.89. The van der Waals surface area contributed by atoms with Crippen LogP contribution in [0, 0.1) is 10.1 Å². The Morgan fingerprint density at radius 2 is 1.85 bits per heavy atom. The van der Waals surface area contributed by atoms with Crippen molar-refractivity contribution in [1.29, 1.82) is 0 Å². The van der Waals surface area contributed by atoms with Crippen LogP contribution in [0.25, 0.3) is 0 Å². The lowest BCUT2D eigenvalue weighted by molar-refractivity contribution is -0.385. The molecule has 4 nitrogen and oxygen atoms in total. The van der Waals surface area contributed by atoms with Crippen molar-refractivity contribution in [3.05, 3.63) is 38.9 Å². The summed E-state index contributed by atoms with van der Waals surface area (Å²) in [6, 6.07) is 5.21. The Morgan fingerprint density at radius 1 is 1.20 bits per heavy atom. The molecule has 1 fully saturated rings. The van der Waals surface area contributed by atoms with Crippen LogP contribution < -0.4 is 5.32 Å². The van der Waals surface area contributed by atoms with Crippen molar-refractivity contribution in [2.45, 2.75) is 57.5 Å². The van der Waals surface area contributed by atoms with Crippen molar-refractivity contribution >= 4 is 17.3 Å². The molecule has 0 heterocycles. The van der Waals surface area contributed by atoms with Crippen molar-refractivity contribution < 1.29 is 4.92 Å². The van der Waals surface area contributed by atoms with E-state index in [1.807, 2.05) is 0 Å². The predicted molar refractivity (Wildman–Crippen MR) is 81.1 cm³/mol. The molecule has 0 amide bonds. The third kappa shape index (κ3) is 4.46. The molecule has 0 aromatic heterocycles. The number of nitro groups is 1. The molecule has 5 heteroatoms. The van der Waals surface area contributed by atoms with Gasteiger partial charge in [0.15, 0.2) is 0 Å². The fourth-order valence-corrected chi connectivity index (χ4v) is 2.98. The van der Waals surface area contributed by atoms with Gasteiger partial charge in [0, 0.05) is 29.2 Å². The van der Waals surface area contributed by atoms with E-state index in [0.717, 1.165) is 12.8 Å². The summed E-state index contributed by atoms with van der Waals surface area (Å²) in [7, 11) is 0. The van der Waals surface area contributed by atoms with Gasteiger partial charge in [0.25, 0.3) is 5.69 Å². The molecular formula is C15H21ClN2O2. The van der Waals surface area contributed by atoms with Gasteiger partial charge < -0.3 is 5.32 Å². The molecule has 110 valence electrons. The predicted octanol–water partition coefficient (Wildman–Crippen LogP) is 4.45. The summed E-state index contributed by atoms with van der Waals surface area (Å²) in [5.41, 5.74) is 0.817. The van der Waals surface area contributed by atoms with Crippen LogP contribution in [0.3, 0.4) is 0 Å². The normalized spacial score (nSPS) is 17.4. The van der Waals surface area contributed by atoms with Gasteiger partial charge in [-0.3, -0.25) is 10.1 Å². The summed E-state index contributed by atoms with van der Waals surface area (Å²) in [6.07, 6.45) is 8.75. The minimum absolute atomic E-state index is 0.146. The summed E-state index contributed by atoms with van der Waals surface area (Å²) in [5.74, 6) is 0. The van der Waals surface area contributed by atoms with Crippen LogP contribution in [0.4, 0.5) is 5.69 Å². The largest absolute Gasteiger partial charge is 0.310 e. The number of hydrogen-bond donors (Lipinski definition) is 1. The van der Waals surface area contributed by atoms with Gasteiger partial charge in [0.05, 0.1) is 4.92 Å². The van der Waals surface area contributed by atoms with E-state index in [2.05, 4.69) is 5.32 Å². The van der Waals surface area contributed by atoms with Crippen LogP contribution >= 0.6 is 11.6 Å². The number of benzene rings is 1. The summed E-state index contributed by atoms with van der Waals surface area (Å²) in [5, 5.41) is 15.0. The van der Waals surface area contributed by atoms with Crippen LogP contribution in [0.2, 0.25) is 5.02 Å². The summed E-state index contributed by atoms with van der Waals surface area (Å²) < 4.78 is 0. The first-order valence-corrected chi connectivity index (χ1v) is 7.71. The molecule has 20 heavy (non-hydrogen) atoms. The third-order valence-electron chi connectivity index (χ3n) is 3.92. The number of halogens is 1. The van der Waals surface area contributed by atoms with Crippen molar-refractivity contribution in [3.63, 3.8) is 0 Å². The molecule has 0 radical (unpaired) electrons. The minimum atomic E-state index is -0.342. The lowest BCUT2D eigenvalue weighted by Crippen LogP contribution is -2.29. The van der Waals surface area contributed by atoms with Crippen molar-refractivity contribution in [2.75, 3.05) is 0 Å². The molecule has 0 bridgehead atoms. The fourth-order valence-electron chi connectivity index (χ4n) is 2.79. The molecule has 1 aromatic rings. The van der Waals surface area contributed by atoms with Gasteiger partial charge in [-0.25, -0.2) is 0 Å². The third-order valence-corrected chi connectivity index (χ3v) is 4.16. The molecular weight excluding hydrogens is 276 g/mol. The molecule has 0 unspecified atom stereocenters. The number of nitrogens with one attached hydrogen (secondary N) is 1. The molecule has 0 aliphatic heterocycles. The molecule has 1 aromatic carbocycles. The van der Waals surface area contributed by atoms with Crippen LogP contribution in [0.5, 0.6) is 0 Å². The van der Waals surface area contributed by atoms with Crippen LogP contribution in [-0.2, 0) is 6.54 Å². The standard InChI is InChI=1S/C15H21ClN2O2/c16-13-8-9-15(18(19)20)12(10-13)11-17-14-6-4-2-1-3-5-7-14/h8-10,14,17H,1-7,11H2. The minimum Gasteiger partial charge on any atom is -0.310 e. The van der Waals surface area contributed by atoms with Crippen LogP contribution in [0.1, 0.15) is 50.5 Å². The van der Waals surface area contributed by atoms with Crippen molar-refractivity contribution in [2.24, 2.45) is 0 Å². The molecule has 0 saturated heterocycles. The Kier molecular flexibility index (Phi) is 5.80. The highest BCUT2D eigenvalue weighted by Gasteiger charge is 2.16. The van der Waals surface area contributed by atoms with E-state index in [1.165, 1.54) is 38.2 Å². The summed E-state index contributed by atoms with van der Waals surface area (Å²) in [6.45, 7) is 0.515. The van der Waals surface area contributed by atoms with Crippen molar-refractivity contribution in [1.82, 2.24) is 5.32 Å². The first-order chi connectivity index (χ1) is 9.66. The average molecular weight is 297 g/mol. The second kappa shape index (κ2) is 7.60. The van der Waals surface area contributed by atoms with Gasteiger partial charge >= 0.3 is 0 Å². The molecule has 1 saturated carbocycles. The maximum atomic E-state index is 11.0. The number of nitro benzene ring substituents is 1. The van der Waals surface area contributed by atoms with Gasteiger partial charge in [-0.15, -0.1) is 0 Å². The maximum Gasteiger partial charge on any atom is 0.273 e. The Bertz CT molecular complexity index is 457. The highest BCUT2D eigenvalue weighted by Crippen LogP contribution is 2.23. The maximum absolute atomic E-state index is 11.0. The van der Waals surface area contributed by atoms with Gasteiger partial charge in [0.1, 0.15) is 0 Å². The topological polar surface area (TPSA) is 55.2 Å². The lowest BCUT2D eigenvalue weighted by Gasteiger charge is -2.21. The van der Waals surface area contributed by atoms with E-state index >= 15 is 0 Å². The van der Waals surface area contributed by atoms with E-state index in [4.69, 9.17) is 11.6 Å². The molecule has 1 aliphatic rings.